The van der Waals surface area contributed by atoms with E-state index >= 15 is 0 Å². The molecule has 4 heteroatoms. The van der Waals surface area contributed by atoms with E-state index in [1.165, 1.54) is 25.6 Å². The highest BCUT2D eigenvalue weighted by molar-refractivity contribution is 7.26. The zero-order valence-electron chi connectivity index (χ0n) is 13.7. The van der Waals surface area contributed by atoms with Crippen molar-refractivity contribution in [3.05, 3.63) is 89.0 Å². The molecule has 26 heavy (non-hydrogen) atoms. The average molecular weight is 355 g/mol. The van der Waals surface area contributed by atoms with Gasteiger partial charge in [0.05, 0.1) is 10.5 Å². The summed E-state index contributed by atoms with van der Waals surface area (Å²) in [6.45, 7) is 0. The lowest BCUT2D eigenvalue weighted by atomic mass is 9.97. The Balaban J connectivity index is 1.81. The smallest absolute Gasteiger partial charge is 0.258 e. The molecule has 4 aromatic carbocycles. The van der Waals surface area contributed by atoms with Crippen LogP contribution in [0.5, 0.6) is 0 Å². The maximum atomic E-state index is 11.4. The average Bonchev–Trinajstić information content (AvgIpc) is 3.06. The molecule has 0 atom stereocenters. The quantitative estimate of drug-likeness (QED) is 0.259. The van der Waals surface area contributed by atoms with Gasteiger partial charge in [-0.25, -0.2) is 0 Å². The van der Waals surface area contributed by atoms with E-state index in [4.69, 9.17) is 0 Å². The van der Waals surface area contributed by atoms with E-state index in [0.717, 1.165) is 10.9 Å². The lowest BCUT2D eigenvalue weighted by Crippen LogP contribution is -1.91. The molecule has 0 N–H and O–H groups in total. The lowest BCUT2D eigenvalue weighted by molar-refractivity contribution is -0.384. The van der Waals surface area contributed by atoms with Crippen molar-refractivity contribution in [1.82, 2.24) is 0 Å². The number of nitro benzene ring substituents is 1. The van der Waals surface area contributed by atoms with E-state index in [9.17, 15) is 10.1 Å². The van der Waals surface area contributed by atoms with Crippen LogP contribution in [0.15, 0.2) is 78.9 Å². The predicted molar refractivity (Wildman–Crippen MR) is 109 cm³/mol. The molecule has 124 valence electrons. The van der Waals surface area contributed by atoms with Crippen molar-refractivity contribution in [2.45, 2.75) is 0 Å². The van der Waals surface area contributed by atoms with Crippen molar-refractivity contribution in [3.8, 4) is 11.1 Å². The number of benzene rings is 4. The molecule has 0 spiro atoms. The van der Waals surface area contributed by atoms with Crippen LogP contribution >= 0.6 is 11.3 Å². The van der Waals surface area contributed by atoms with Crippen molar-refractivity contribution in [2.75, 3.05) is 0 Å². The molecule has 5 rings (SSSR count). The van der Waals surface area contributed by atoms with Gasteiger partial charge in [-0.05, 0) is 40.6 Å². The first-order chi connectivity index (χ1) is 12.7. The third-order valence-electron chi connectivity index (χ3n) is 4.77. The minimum Gasteiger partial charge on any atom is -0.258 e. The highest BCUT2D eigenvalue weighted by atomic mass is 32.1. The van der Waals surface area contributed by atoms with Gasteiger partial charge in [-0.2, -0.15) is 0 Å². The van der Waals surface area contributed by atoms with Crippen molar-refractivity contribution >= 4 is 48.0 Å². The molecule has 0 aliphatic rings. The molecule has 0 saturated heterocycles. The van der Waals surface area contributed by atoms with Crippen LogP contribution in [0.25, 0.3) is 42.1 Å². The largest absolute Gasteiger partial charge is 0.277 e. The Bertz CT molecular complexity index is 1320. The van der Waals surface area contributed by atoms with Gasteiger partial charge in [0.2, 0.25) is 0 Å². The predicted octanol–water partition coefficient (Wildman–Crippen LogP) is 6.78. The van der Waals surface area contributed by atoms with E-state index < -0.39 is 0 Å². The topological polar surface area (TPSA) is 43.1 Å². The maximum Gasteiger partial charge on any atom is 0.277 e. The molecule has 1 heterocycles. The van der Waals surface area contributed by atoms with Crippen molar-refractivity contribution in [1.29, 1.82) is 0 Å². The van der Waals surface area contributed by atoms with Gasteiger partial charge < -0.3 is 0 Å². The summed E-state index contributed by atoms with van der Waals surface area (Å²) in [4.78, 5) is 11.0. The Morgan fingerprint density at radius 1 is 0.769 bits per heavy atom. The number of nitro groups is 1. The van der Waals surface area contributed by atoms with E-state index in [1.54, 1.807) is 29.5 Å². The SMILES string of the molecule is O=[N+]([O-])c1ccccc1-c1ccc2c(ccc3sc4ccccc4c32)c1. The lowest BCUT2D eigenvalue weighted by Gasteiger charge is -2.06. The van der Waals surface area contributed by atoms with Gasteiger partial charge in [0.25, 0.3) is 5.69 Å². The van der Waals surface area contributed by atoms with Crippen LogP contribution in [0.4, 0.5) is 5.69 Å². The molecule has 1 aromatic heterocycles. The van der Waals surface area contributed by atoms with Crippen LogP contribution in [-0.2, 0) is 0 Å². The van der Waals surface area contributed by atoms with E-state index in [2.05, 4.69) is 42.5 Å². The van der Waals surface area contributed by atoms with E-state index in [-0.39, 0.29) is 10.6 Å². The fourth-order valence-electron chi connectivity index (χ4n) is 3.60. The highest BCUT2D eigenvalue weighted by Crippen LogP contribution is 2.40. The second-order valence-corrected chi connectivity index (χ2v) is 7.33. The summed E-state index contributed by atoms with van der Waals surface area (Å²) >= 11 is 1.79. The van der Waals surface area contributed by atoms with E-state index in [0.29, 0.717) is 5.56 Å². The third kappa shape index (κ3) is 2.20. The van der Waals surface area contributed by atoms with Crippen LogP contribution in [0.2, 0.25) is 0 Å². The molecule has 0 aliphatic heterocycles. The van der Waals surface area contributed by atoms with E-state index in [1.807, 2.05) is 18.2 Å². The van der Waals surface area contributed by atoms with Crippen LogP contribution in [0.1, 0.15) is 0 Å². The Morgan fingerprint density at radius 3 is 2.46 bits per heavy atom. The number of rotatable bonds is 2. The number of hydrogen-bond donors (Lipinski definition) is 0. The Hall–Kier alpha value is -3.24. The molecule has 0 radical (unpaired) electrons. The minimum atomic E-state index is -0.324. The van der Waals surface area contributed by atoms with Gasteiger partial charge in [0, 0.05) is 26.2 Å². The Morgan fingerprint density at radius 2 is 1.58 bits per heavy atom. The maximum absolute atomic E-state index is 11.4. The molecule has 0 unspecified atom stereocenters. The number of thiophene rings is 1. The first-order valence-corrected chi connectivity index (χ1v) is 9.12. The summed E-state index contributed by atoms with van der Waals surface area (Å²) in [7, 11) is 0. The number of fused-ring (bicyclic) bond motifs is 5. The number of nitrogens with zero attached hydrogens (tertiary/aromatic N) is 1. The summed E-state index contributed by atoms with van der Waals surface area (Å²) in [5.41, 5.74) is 1.65. The molecule has 0 bridgehead atoms. The number of para-hydroxylation sites is 1. The summed E-state index contributed by atoms with van der Waals surface area (Å²) in [5.74, 6) is 0. The van der Waals surface area contributed by atoms with Crippen molar-refractivity contribution < 1.29 is 4.92 Å². The monoisotopic (exact) mass is 355 g/mol. The highest BCUT2D eigenvalue weighted by Gasteiger charge is 2.15. The van der Waals surface area contributed by atoms with Gasteiger partial charge in [-0.15, -0.1) is 11.3 Å². The van der Waals surface area contributed by atoms with Crippen LogP contribution in [-0.4, -0.2) is 4.92 Å². The molecule has 3 nitrogen and oxygen atoms in total. The van der Waals surface area contributed by atoms with Gasteiger partial charge in [0.15, 0.2) is 0 Å². The zero-order chi connectivity index (χ0) is 17.7. The Labute approximate surface area is 153 Å². The summed E-state index contributed by atoms with van der Waals surface area (Å²) in [6, 6.07) is 25.7. The van der Waals surface area contributed by atoms with Gasteiger partial charge in [-0.1, -0.05) is 48.5 Å². The molecule has 0 fully saturated rings. The third-order valence-corrected chi connectivity index (χ3v) is 5.91. The molecule has 0 aliphatic carbocycles. The van der Waals surface area contributed by atoms with Gasteiger partial charge >= 0.3 is 0 Å². The fourth-order valence-corrected chi connectivity index (χ4v) is 4.72. The summed E-state index contributed by atoms with van der Waals surface area (Å²) < 4.78 is 2.54. The van der Waals surface area contributed by atoms with Crippen molar-refractivity contribution in [3.63, 3.8) is 0 Å². The van der Waals surface area contributed by atoms with Gasteiger partial charge in [0.1, 0.15) is 0 Å². The first kappa shape index (κ1) is 15.0. The first-order valence-electron chi connectivity index (χ1n) is 8.30. The molecule has 0 saturated carbocycles. The molecular formula is C22H13NO2S. The van der Waals surface area contributed by atoms with Gasteiger partial charge in [-0.3, -0.25) is 10.1 Å². The second-order valence-electron chi connectivity index (χ2n) is 6.25. The Kier molecular flexibility index (Phi) is 3.27. The van der Waals surface area contributed by atoms with Crippen LogP contribution in [0.3, 0.4) is 0 Å². The molecule has 5 aromatic rings. The second kappa shape index (κ2) is 5.64. The standard InChI is InChI=1S/C22H13NO2S/c24-23(25)19-7-3-1-5-16(19)14-9-11-17-15(13-14)10-12-21-22(17)18-6-2-4-8-20(18)26-21/h1-13H. The normalized spacial score (nSPS) is 11.4. The molecular weight excluding hydrogens is 342 g/mol. The fraction of sp³-hybridized carbons (Fsp3) is 0. The van der Waals surface area contributed by atoms with Crippen molar-refractivity contribution in [2.24, 2.45) is 0 Å². The zero-order valence-corrected chi connectivity index (χ0v) is 14.5. The summed E-state index contributed by atoms with van der Waals surface area (Å²) in [6.07, 6.45) is 0. The minimum absolute atomic E-state index is 0.133. The van der Waals surface area contributed by atoms with Crippen LogP contribution in [0, 0.1) is 10.1 Å². The molecule has 0 amide bonds. The summed E-state index contributed by atoms with van der Waals surface area (Å²) in [5, 5.41) is 16.2. The number of hydrogen-bond acceptors (Lipinski definition) is 3. The van der Waals surface area contributed by atoms with Crippen LogP contribution < -0.4 is 0 Å².